The number of benzene rings is 1. The molecule has 0 bridgehead atoms. The van der Waals surface area contributed by atoms with E-state index in [9.17, 15) is 4.79 Å². The van der Waals surface area contributed by atoms with E-state index < -0.39 is 0 Å². The molecule has 5 nitrogen and oxygen atoms in total. The van der Waals surface area contributed by atoms with Crippen molar-refractivity contribution in [2.75, 3.05) is 5.32 Å². The molecule has 3 heterocycles. The molecule has 0 atom stereocenters. The summed E-state index contributed by atoms with van der Waals surface area (Å²) < 4.78 is 2.00. The van der Waals surface area contributed by atoms with Gasteiger partial charge in [-0.15, -0.1) is 0 Å². The second-order valence-electron chi connectivity index (χ2n) is 5.96. The first-order valence-electron chi connectivity index (χ1n) is 8.24. The van der Waals surface area contributed by atoms with Crippen LogP contribution in [0.4, 0.5) is 5.69 Å². The zero-order valence-electron chi connectivity index (χ0n) is 13.9. The molecule has 0 spiro atoms. The summed E-state index contributed by atoms with van der Waals surface area (Å²) in [6.07, 6.45) is 6.44. The Labute approximate surface area is 155 Å². The number of hydrogen-bond donors (Lipinski definition) is 2. The first kappa shape index (κ1) is 16.3. The Kier molecular flexibility index (Phi) is 4.37. The zero-order valence-corrected chi connectivity index (χ0v) is 14.6. The van der Waals surface area contributed by atoms with Gasteiger partial charge in [0.2, 0.25) is 5.69 Å². The van der Waals surface area contributed by atoms with Crippen molar-refractivity contribution in [1.82, 2.24) is 4.98 Å². The van der Waals surface area contributed by atoms with Gasteiger partial charge >= 0.3 is 0 Å². The summed E-state index contributed by atoms with van der Waals surface area (Å²) in [5.41, 5.74) is 3.11. The van der Waals surface area contributed by atoms with Crippen LogP contribution in [0.25, 0.3) is 5.52 Å². The quantitative estimate of drug-likeness (QED) is 0.537. The Morgan fingerprint density at radius 3 is 2.88 bits per heavy atom. The third-order valence-electron chi connectivity index (χ3n) is 4.13. The molecule has 3 N–H and O–H groups in total. The highest BCUT2D eigenvalue weighted by molar-refractivity contribution is 6.31. The van der Waals surface area contributed by atoms with Gasteiger partial charge in [0.15, 0.2) is 17.9 Å². The van der Waals surface area contributed by atoms with Crippen LogP contribution in [0.15, 0.2) is 73.2 Å². The zero-order chi connectivity index (χ0) is 17.9. The standard InChI is InChI=1S/C20H15ClN4O/c21-15-6-3-7-16(12-15)23-20(26)19-17-8-1-2-10-25(17)18(24-19)11-14-5-4-9-22-13-14/h1-10,12-13H,11H2,(H,23,26)/p+2. The summed E-state index contributed by atoms with van der Waals surface area (Å²) in [6.45, 7) is 0. The number of fused-ring (bicyclic) bond motifs is 1. The number of anilines is 1. The number of aromatic amines is 2. The maximum Gasteiger partial charge on any atom is 0.299 e. The third-order valence-corrected chi connectivity index (χ3v) is 4.36. The van der Waals surface area contributed by atoms with Crippen molar-refractivity contribution in [3.05, 3.63) is 95.3 Å². The van der Waals surface area contributed by atoms with Crippen molar-refractivity contribution < 1.29 is 14.2 Å². The fourth-order valence-corrected chi connectivity index (χ4v) is 3.14. The van der Waals surface area contributed by atoms with Crippen molar-refractivity contribution >= 4 is 28.7 Å². The molecule has 3 aromatic heterocycles. The van der Waals surface area contributed by atoms with Crippen molar-refractivity contribution in [3.63, 3.8) is 0 Å². The van der Waals surface area contributed by atoms with Crippen LogP contribution < -0.4 is 14.7 Å². The van der Waals surface area contributed by atoms with E-state index in [0.29, 0.717) is 22.8 Å². The molecule has 0 radical (unpaired) electrons. The van der Waals surface area contributed by atoms with Crippen LogP contribution in [-0.2, 0) is 6.42 Å². The Morgan fingerprint density at radius 1 is 1.15 bits per heavy atom. The van der Waals surface area contributed by atoms with Crippen LogP contribution in [0.5, 0.6) is 0 Å². The van der Waals surface area contributed by atoms with E-state index in [-0.39, 0.29) is 5.91 Å². The number of halogens is 1. The number of nitrogens with one attached hydrogen (secondary N) is 3. The van der Waals surface area contributed by atoms with Crippen molar-refractivity contribution in [2.24, 2.45) is 0 Å². The van der Waals surface area contributed by atoms with Gasteiger partial charge in [-0.1, -0.05) is 23.7 Å². The lowest BCUT2D eigenvalue weighted by Gasteiger charge is -2.02. The Hall–Kier alpha value is -3.18. The average molecular weight is 365 g/mol. The molecule has 1 amide bonds. The minimum absolute atomic E-state index is 0.207. The highest BCUT2D eigenvalue weighted by atomic mass is 35.5. The number of carbonyl (C=O) groups excluding carboxylic acids is 1. The normalized spacial score (nSPS) is 10.8. The molecule has 0 aliphatic heterocycles. The molecule has 128 valence electrons. The van der Waals surface area contributed by atoms with Crippen molar-refractivity contribution in [3.8, 4) is 0 Å². The lowest BCUT2D eigenvalue weighted by Crippen LogP contribution is -2.24. The number of aromatic nitrogens is 3. The van der Waals surface area contributed by atoms with Gasteiger partial charge in [-0.3, -0.25) is 4.79 Å². The highest BCUT2D eigenvalue weighted by Crippen LogP contribution is 2.17. The maximum absolute atomic E-state index is 12.8. The van der Waals surface area contributed by atoms with E-state index in [1.807, 2.05) is 59.4 Å². The smallest absolute Gasteiger partial charge is 0.299 e. The topological polar surface area (TPSA) is 63.1 Å². The van der Waals surface area contributed by atoms with Gasteiger partial charge in [-0.25, -0.2) is 9.97 Å². The van der Waals surface area contributed by atoms with Crippen molar-refractivity contribution in [2.45, 2.75) is 6.42 Å². The number of H-pyrrole nitrogens is 2. The van der Waals surface area contributed by atoms with E-state index in [1.165, 1.54) is 0 Å². The predicted octanol–water partition coefficient (Wildman–Crippen LogP) is 3.06. The van der Waals surface area contributed by atoms with E-state index >= 15 is 0 Å². The SMILES string of the molecule is O=C(Nc1cccc(Cl)c1)c1[nH]c(Cc2ccc[nH+]c2)[n+]2ccccc12. The molecule has 6 heteroatoms. The summed E-state index contributed by atoms with van der Waals surface area (Å²) in [5, 5.41) is 3.47. The minimum atomic E-state index is -0.207. The fraction of sp³-hybridized carbons (Fsp3) is 0.0500. The number of imidazole rings is 1. The first-order chi connectivity index (χ1) is 12.7. The Morgan fingerprint density at radius 2 is 2.08 bits per heavy atom. The van der Waals surface area contributed by atoms with Crippen LogP contribution in [0, 0.1) is 0 Å². The maximum atomic E-state index is 12.8. The van der Waals surface area contributed by atoms with E-state index in [2.05, 4.69) is 15.3 Å². The first-order valence-corrected chi connectivity index (χ1v) is 8.61. The molecule has 0 fully saturated rings. The van der Waals surface area contributed by atoms with E-state index in [4.69, 9.17) is 11.6 Å². The average Bonchev–Trinajstić information content (AvgIpc) is 3.01. The lowest BCUT2D eigenvalue weighted by atomic mass is 10.2. The molecule has 0 saturated carbocycles. The molecular formula is C20H17ClN4O+2. The van der Waals surface area contributed by atoms with E-state index in [1.54, 1.807) is 18.2 Å². The summed E-state index contributed by atoms with van der Waals surface area (Å²) >= 11 is 6.00. The number of pyridine rings is 2. The molecule has 1 aromatic carbocycles. The molecule has 0 saturated heterocycles. The largest absolute Gasteiger partial charge is 0.319 e. The van der Waals surface area contributed by atoms with Crippen LogP contribution >= 0.6 is 11.6 Å². The minimum Gasteiger partial charge on any atom is -0.319 e. The van der Waals surface area contributed by atoms with Gasteiger partial charge in [0.05, 0.1) is 12.6 Å². The molecule has 4 aromatic rings. The van der Waals surface area contributed by atoms with Crippen molar-refractivity contribution in [1.29, 1.82) is 0 Å². The molecule has 4 rings (SSSR count). The second kappa shape index (κ2) is 6.98. The molecule has 0 aliphatic carbocycles. The number of rotatable bonds is 4. The number of hydrogen-bond acceptors (Lipinski definition) is 1. The van der Waals surface area contributed by atoms with Gasteiger partial charge < -0.3 is 5.32 Å². The van der Waals surface area contributed by atoms with Gasteiger partial charge in [0.25, 0.3) is 11.7 Å². The lowest BCUT2D eigenvalue weighted by molar-refractivity contribution is -0.520. The molecule has 0 unspecified atom stereocenters. The highest BCUT2D eigenvalue weighted by Gasteiger charge is 2.24. The molecule has 0 aliphatic rings. The number of amides is 1. The van der Waals surface area contributed by atoms with Crippen LogP contribution in [-0.4, -0.2) is 10.9 Å². The van der Waals surface area contributed by atoms with Crippen LogP contribution in [0.2, 0.25) is 5.02 Å². The second-order valence-corrected chi connectivity index (χ2v) is 6.39. The molecular weight excluding hydrogens is 348 g/mol. The van der Waals surface area contributed by atoms with Crippen LogP contribution in [0.3, 0.4) is 0 Å². The third kappa shape index (κ3) is 3.30. The van der Waals surface area contributed by atoms with Gasteiger partial charge in [0.1, 0.15) is 0 Å². The Balaban J connectivity index is 1.70. The van der Waals surface area contributed by atoms with Gasteiger partial charge in [0, 0.05) is 22.3 Å². The van der Waals surface area contributed by atoms with E-state index in [0.717, 1.165) is 16.9 Å². The predicted molar refractivity (Wildman–Crippen MR) is 99.2 cm³/mol. The molecule has 26 heavy (non-hydrogen) atoms. The number of carbonyl (C=O) groups is 1. The summed E-state index contributed by atoms with van der Waals surface area (Å²) in [4.78, 5) is 19.2. The summed E-state index contributed by atoms with van der Waals surface area (Å²) in [5.74, 6) is 0.721. The summed E-state index contributed by atoms with van der Waals surface area (Å²) in [6, 6.07) is 16.9. The number of nitrogens with zero attached hydrogens (tertiary/aromatic N) is 1. The fourth-order valence-electron chi connectivity index (χ4n) is 2.95. The van der Waals surface area contributed by atoms with Crippen LogP contribution in [0.1, 0.15) is 21.9 Å². The van der Waals surface area contributed by atoms with Gasteiger partial charge in [-0.2, -0.15) is 4.40 Å². The monoisotopic (exact) mass is 364 g/mol. The Bertz CT molecular complexity index is 1080. The summed E-state index contributed by atoms with van der Waals surface area (Å²) in [7, 11) is 0. The van der Waals surface area contributed by atoms with Gasteiger partial charge in [-0.05, 0) is 36.4 Å².